The SMILES string of the molecule is COc1cc(-c2c[nH]c(-c3ccc(C(F)(F)F)cc3)n2)ccc1OCc1ccc(C(F)(F)F)cn1. The van der Waals surface area contributed by atoms with Crippen molar-refractivity contribution in [3.8, 4) is 34.1 Å². The summed E-state index contributed by atoms with van der Waals surface area (Å²) in [5.74, 6) is 1.09. The number of ether oxygens (including phenoxy) is 2. The highest BCUT2D eigenvalue weighted by atomic mass is 19.4. The van der Waals surface area contributed by atoms with Crippen molar-refractivity contribution in [1.29, 1.82) is 0 Å². The zero-order valence-electron chi connectivity index (χ0n) is 18.0. The predicted octanol–water partition coefficient (Wildman–Crippen LogP) is 6.76. The van der Waals surface area contributed by atoms with E-state index in [0.717, 1.165) is 24.4 Å². The number of benzene rings is 2. The number of rotatable bonds is 6. The average Bonchev–Trinajstić information content (AvgIpc) is 3.32. The maximum Gasteiger partial charge on any atom is 0.417 e. The van der Waals surface area contributed by atoms with Gasteiger partial charge in [0.05, 0.1) is 29.6 Å². The van der Waals surface area contributed by atoms with Crippen molar-refractivity contribution < 1.29 is 35.8 Å². The van der Waals surface area contributed by atoms with Gasteiger partial charge >= 0.3 is 12.4 Å². The minimum absolute atomic E-state index is 0.0751. The summed E-state index contributed by atoms with van der Waals surface area (Å²) in [5, 5.41) is 0. The lowest BCUT2D eigenvalue weighted by Crippen LogP contribution is -2.07. The second kappa shape index (κ2) is 9.32. The van der Waals surface area contributed by atoms with Crippen LogP contribution in [0.3, 0.4) is 0 Å². The number of aromatic amines is 1. The van der Waals surface area contributed by atoms with Gasteiger partial charge in [0, 0.05) is 23.5 Å². The van der Waals surface area contributed by atoms with Gasteiger partial charge in [-0.1, -0.05) is 12.1 Å². The first-order chi connectivity index (χ1) is 16.5. The lowest BCUT2D eigenvalue weighted by molar-refractivity contribution is -0.138. The van der Waals surface area contributed by atoms with Crippen LogP contribution in [-0.2, 0) is 19.0 Å². The third kappa shape index (κ3) is 5.56. The molecule has 0 saturated heterocycles. The van der Waals surface area contributed by atoms with Crippen LogP contribution in [0.25, 0.3) is 22.6 Å². The van der Waals surface area contributed by atoms with Crippen molar-refractivity contribution in [2.75, 3.05) is 7.11 Å². The van der Waals surface area contributed by atoms with Gasteiger partial charge in [-0.15, -0.1) is 0 Å². The van der Waals surface area contributed by atoms with Gasteiger partial charge in [-0.05, 0) is 42.5 Å². The van der Waals surface area contributed by atoms with E-state index < -0.39 is 23.5 Å². The summed E-state index contributed by atoms with van der Waals surface area (Å²) in [7, 11) is 1.43. The molecule has 4 aromatic rings. The molecule has 0 amide bonds. The van der Waals surface area contributed by atoms with Crippen LogP contribution in [-0.4, -0.2) is 22.1 Å². The molecule has 0 fully saturated rings. The number of nitrogens with one attached hydrogen (secondary N) is 1. The predicted molar refractivity (Wildman–Crippen MR) is 115 cm³/mol. The van der Waals surface area contributed by atoms with Gasteiger partial charge in [0.25, 0.3) is 0 Å². The van der Waals surface area contributed by atoms with E-state index in [9.17, 15) is 26.3 Å². The van der Waals surface area contributed by atoms with Crippen LogP contribution in [0.5, 0.6) is 11.5 Å². The van der Waals surface area contributed by atoms with Gasteiger partial charge in [0.15, 0.2) is 11.5 Å². The molecule has 0 radical (unpaired) electrons. The van der Waals surface area contributed by atoms with Crippen molar-refractivity contribution >= 4 is 0 Å². The lowest BCUT2D eigenvalue weighted by Gasteiger charge is -2.12. The van der Waals surface area contributed by atoms with Gasteiger partial charge in [0.2, 0.25) is 0 Å². The smallest absolute Gasteiger partial charge is 0.417 e. The zero-order valence-corrected chi connectivity index (χ0v) is 18.0. The molecule has 2 aromatic heterocycles. The molecule has 182 valence electrons. The van der Waals surface area contributed by atoms with Crippen LogP contribution in [0.2, 0.25) is 0 Å². The van der Waals surface area contributed by atoms with Crippen LogP contribution < -0.4 is 9.47 Å². The highest BCUT2D eigenvalue weighted by Crippen LogP contribution is 2.34. The third-order valence-corrected chi connectivity index (χ3v) is 5.05. The molecule has 11 heteroatoms. The van der Waals surface area contributed by atoms with Crippen molar-refractivity contribution in [1.82, 2.24) is 15.0 Å². The van der Waals surface area contributed by atoms with Gasteiger partial charge in [-0.2, -0.15) is 26.3 Å². The molecule has 2 heterocycles. The maximum atomic E-state index is 12.8. The van der Waals surface area contributed by atoms with E-state index in [1.165, 1.54) is 25.3 Å². The fourth-order valence-corrected chi connectivity index (χ4v) is 3.21. The van der Waals surface area contributed by atoms with E-state index in [2.05, 4.69) is 15.0 Å². The normalized spacial score (nSPS) is 12.0. The Labute approximate surface area is 195 Å². The highest BCUT2D eigenvalue weighted by Gasteiger charge is 2.31. The van der Waals surface area contributed by atoms with Crippen molar-refractivity contribution in [2.24, 2.45) is 0 Å². The Morgan fingerprint density at radius 1 is 0.800 bits per heavy atom. The first-order valence-electron chi connectivity index (χ1n) is 10.1. The fourth-order valence-electron chi connectivity index (χ4n) is 3.21. The summed E-state index contributed by atoms with van der Waals surface area (Å²) >= 11 is 0. The van der Waals surface area contributed by atoms with E-state index in [4.69, 9.17) is 9.47 Å². The van der Waals surface area contributed by atoms with Gasteiger partial charge < -0.3 is 14.5 Å². The molecular weight excluding hydrogens is 476 g/mol. The maximum absolute atomic E-state index is 12.8. The van der Waals surface area contributed by atoms with Crippen LogP contribution in [0.4, 0.5) is 26.3 Å². The quantitative estimate of drug-likeness (QED) is 0.302. The van der Waals surface area contributed by atoms with E-state index in [1.54, 1.807) is 24.4 Å². The van der Waals surface area contributed by atoms with Crippen molar-refractivity contribution in [3.05, 3.63) is 83.8 Å². The Morgan fingerprint density at radius 2 is 1.46 bits per heavy atom. The Balaban J connectivity index is 1.48. The van der Waals surface area contributed by atoms with Gasteiger partial charge in [0.1, 0.15) is 12.4 Å². The highest BCUT2D eigenvalue weighted by molar-refractivity contribution is 5.67. The summed E-state index contributed by atoms with van der Waals surface area (Å²) < 4.78 is 87.3. The minimum atomic E-state index is -4.47. The number of methoxy groups -OCH3 is 1. The number of pyridine rings is 1. The molecule has 35 heavy (non-hydrogen) atoms. The number of imidazole rings is 1. The topological polar surface area (TPSA) is 60.0 Å². The fraction of sp³-hybridized carbons (Fsp3) is 0.167. The molecule has 0 unspecified atom stereocenters. The molecular formula is C24H17F6N3O2. The molecule has 0 aliphatic carbocycles. The van der Waals surface area contributed by atoms with Crippen LogP contribution >= 0.6 is 0 Å². The minimum Gasteiger partial charge on any atom is -0.493 e. The molecule has 0 saturated carbocycles. The Hall–Kier alpha value is -4.02. The lowest BCUT2D eigenvalue weighted by atomic mass is 10.1. The Kier molecular flexibility index (Phi) is 6.42. The van der Waals surface area contributed by atoms with Crippen molar-refractivity contribution in [2.45, 2.75) is 19.0 Å². The number of alkyl halides is 6. The number of aromatic nitrogens is 3. The van der Waals surface area contributed by atoms with Crippen LogP contribution in [0.15, 0.2) is 67.0 Å². The largest absolute Gasteiger partial charge is 0.493 e. The first-order valence-corrected chi connectivity index (χ1v) is 10.1. The second-order valence-corrected chi connectivity index (χ2v) is 7.40. The average molecular weight is 493 g/mol. The molecule has 2 aromatic carbocycles. The Morgan fingerprint density at radius 3 is 2.06 bits per heavy atom. The Bertz CT molecular complexity index is 1300. The molecule has 1 N–H and O–H groups in total. The zero-order chi connectivity index (χ0) is 25.2. The summed E-state index contributed by atoms with van der Waals surface area (Å²) in [6, 6.07) is 11.8. The van der Waals surface area contributed by atoms with Gasteiger partial charge in [-0.25, -0.2) is 4.98 Å². The molecule has 0 atom stereocenters. The molecule has 0 spiro atoms. The van der Waals surface area contributed by atoms with E-state index in [1.807, 2.05) is 0 Å². The van der Waals surface area contributed by atoms with E-state index >= 15 is 0 Å². The van der Waals surface area contributed by atoms with E-state index in [0.29, 0.717) is 39.8 Å². The van der Waals surface area contributed by atoms with Crippen LogP contribution in [0.1, 0.15) is 16.8 Å². The number of hydrogen-bond donors (Lipinski definition) is 1. The summed E-state index contributed by atoms with van der Waals surface area (Å²) in [4.78, 5) is 11.1. The third-order valence-electron chi connectivity index (χ3n) is 5.05. The molecule has 5 nitrogen and oxygen atoms in total. The summed E-state index contributed by atoms with van der Waals surface area (Å²) in [6.07, 6.45) is -6.54. The molecule has 0 aliphatic heterocycles. The van der Waals surface area contributed by atoms with Gasteiger partial charge in [-0.3, -0.25) is 4.98 Å². The molecule has 4 rings (SSSR count). The molecule has 0 aliphatic rings. The van der Waals surface area contributed by atoms with Crippen LogP contribution in [0, 0.1) is 0 Å². The summed E-state index contributed by atoms with van der Waals surface area (Å²) in [5.41, 5.74) is 0.362. The van der Waals surface area contributed by atoms with Crippen molar-refractivity contribution in [3.63, 3.8) is 0 Å². The summed E-state index contributed by atoms with van der Waals surface area (Å²) in [6.45, 7) is -0.0751. The number of hydrogen-bond acceptors (Lipinski definition) is 4. The number of halogens is 6. The molecule has 0 bridgehead atoms. The first kappa shape index (κ1) is 24.1. The second-order valence-electron chi connectivity index (χ2n) is 7.40. The number of nitrogens with zero attached hydrogens (tertiary/aromatic N) is 2. The van der Waals surface area contributed by atoms with E-state index in [-0.39, 0.29) is 6.61 Å². The number of H-pyrrole nitrogens is 1. The standard InChI is InChI=1S/C24H17F6N3O2/c1-34-21-10-15(4-9-20(21)35-13-18-8-7-17(11-31-18)24(28,29)30)19-12-32-22(33-19)14-2-5-16(6-3-14)23(25,26)27/h2-12H,13H2,1H3,(H,32,33). The monoisotopic (exact) mass is 493 g/mol.